The molecule has 0 saturated carbocycles. The molecule has 2 aromatic carbocycles. The third-order valence-electron chi connectivity index (χ3n) is 6.48. The van der Waals surface area contributed by atoms with E-state index in [2.05, 4.69) is 31.9 Å². The van der Waals surface area contributed by atoms with Gasteiger partial charge in [0.2, 0.25) is 0 Å². The van der Waals surface area contributed by atoms with Crippen LogP contribution in [-0.4, -0.2) is 66.0 Å². The van der Waals surface area contributed by atoms with Crippen molar-refractivity contribution in [3.05, 3.63) is 68.1 Å². The lowest BCUT2D eigenvalue weighted by Gasteiger charge is -2.40. The minimum absolute atomic E-state index is 0.0704. The molecule has 6 atom stereocenters. The molecule has 0 aliphatic rings. The monoisotopic (exact) mass is 874 g/mol. The molecule has 20 heteroatoms. The number of hydrogen-bond acceptors (Lipinski definition) is 4. The Morgan fingerprint density at radius 1 is 0.646 bits per heavy atom. The van der Waals surface area contributed by atoms with E-state index in [9.17, 15) is 52.3 Å². The van der Waals surface area contributed by atoms with Crippen LogP contribution in [0.15, 0.2) is 45.3 Å². The summed E-state index contributed by atoms with van der Waals surface area (Å²) < 4.78 is 166. The average Bonchev–Trinajstić information content (AvgIpc) is 2.94. The summed E-state index contributed by atoms with van der Waals surface area (Å²) in [6.07, 6.45) is -16.7. The van der Waals surface area contributed by atoms with Crippen molar-refractivity contribution in [1.82, 2.24) is 9.44 Å². The predicted octanol–water partition coefficient (Wildman–Crippen LogP) is 7.46. The number of alkyl halides is 8. The van der Waals surface area contributed by atoms with Crippen molar-refractivity contribution in [3.63, 3.8) is 0 Å². The van der Waals surface area contributed by atoms with Crippen LogP contribution in [0.1, 0.15) is 52.7 Å². The van der Waals surface area contributed by atoms with E-state index in [4.69, 9.17) is 10.2 Å². The maximum absolute atomic E-state index is 14.3. The van der Waals surface area contributed by atoms with Gasteiger partial charge >= 0.3 is 12.4 Å². The van der Waals surface area contributed by atoms with E-state index in [0.717, 1.165) is 36.4 Å². The van der Waals surface area contributed by atoms with Gasteiger partial charge in [-0.2, -0.15) is 26.3 Å². The predicted molar refractivity (Wildman–Crippen MR) is 170 cm³/mol. The van der Waals surface area contributed by atoms with Crippen LogP contribution in [0.5, 0.6) is 0 Å². The molecule has 2 aromatic rings. The molecule has 4 N–H and O–H groups in total. The summed E-state index contributed by atoms with van der Waals surface area (Å²) in [4.78, 5) is 0. The first-order valence-electron chi connectivity index (χ1n) is 13.5. The zero-order chi connectivity index (χ0) is 37.8. The van der Waals surface area contributed by atoms with E-state index in [1.807, 2.05) is 0 Å². The first kappa shape index (κ1) is 44.9. The molecule has 276 valence electrons. The third kappa shape index (κ3) is 10.00. The number of rotatable bonds is 10. The van der Waals surface area contributed by atoms with Gasteiger partial charge in [-0.15, -0.1) is 0 Å². The molecule has 0 saturated heterocycles. The highest BCUT2D eigenvalue weighted by Gasteiger charge is 2.65. The van der Waals surface area contributed by atoms with Gasteiger partial charge in [0.15, 0.2) is 23.4 Å². The van der Waals surface area contributed by atoms with Gasteiger partial charge in [-0.1, -0.05) is 31.9 Å². The van der Waals surface area contributed by atoms with Gasteiger partial charge in [-0.25, -0.2) is 35.4 Å². The Balaban J connectivity index is 0.000000480. The molecule has 0 heterocycles. The molecular formula is C28H34Br2F10N2O4S2. The van der Waals surface area contributed by atoms with E-state index in [1.54, 1.807) is 9.44 Å². The average molecular weight is 877 g/mol. The highest BCUT2D eigenvalue weighted by atomic mass is 79.9. The van der Waals surface area contributed by atoms with Gasteiger partial charge in [0.1, 0.15) is 11.6 Å². The first-order chi connectivity index (χ1) is 21.5. The molecule has 0 amide bonds. The summed E-state index contributed by atoms with van der Waals surface area (Å²) in [6, 6.07) is 5.24. The Morgan fingerprint density at radius 3 is 1.12 bits per heavy atom. The van der Waals surface area contributed by atoms with Crippen LogP contribution in [0, 0.1) is 11.6 Å². The topological polar surface area (TPSA) is 98.7 Å². The molecule has 2 rings (SSSR count). The fraction of sp³-hybridized carbons (Fsp3) is 0.571. The Kier molecular flexibility index (Phi) is 15.4. The fourth-order valence-electron chi connectivity index (χ4n) is 3.82. The molecule has 6 nitrogen and oxygen atoms in total. The second-order valence-electron chi connectivity index (χ2n) is 12.1. The van der Waals surface area contributed by atoms with E-state index in [-0.39, 0.29) is 8.95 Å². The number of nitrogens with one attached hydrogen (secondary N) is 2. The first-order valence-corrected chi connectivity index (χ1v) is 17.4. The van der Waals surface area contributed by atoms with Crippen molar-refractivity contribution in [3.8, 4) is 0 Å². The fourth-order valence-corrected chi connectivity index (χ4v) is 6.45. The van der Waals surface area contributed by atoms with Crippen molar-refractivity contribution in [2.45, 2.75) is 86.8 Å². The van der Waals surface area contributed by atoms with Gasteiger partial charge in [0.05, 0.1) is 44.7 Å². The molecular weight excluding hydrogens is 842 g/mol. The second kappa shape index (κ2) is 16.5. The number of aliphatic hydroxyl groups is 2. The van der Waals surface area contributed by atoms with Crippen molar-refractivity contribution >= 4 is 53.8 Å². The van der Waals surface area contributed by atoms with E-state index >= 15 is 0 Å². The van der Waals surface area contributed by atoms with Crippen molar-refractivity contribution < 1.29 is 62.5 Å². The number of benzene rings is 2. The lowest BCUT2D eigenvalue weighted by Crippen LogP contribution is -2.63. The minimum atomic E-state index is -5.38. The molecule has 48 heavy (non-hydrogen) atoms. The summed E-state index contributed by atoms with van der Waals surface area (Å²) in [5.41, 5.74) is -9.53. The van der Waals surface area contributed by atoms with Crippen LogP contribution >= 0.6 is 31.9 Å². The van der Waals surface area contributed by atoms with Crippen molar-refractivity contribution in [1.29, 1.82) is 0 Å². The molecule has 0 unspecified atom stereocenters. The smallest absolute Gasteiger partial charge is 0.393 e. The van der Waals surface area contributed by atoms with Crippen LogP contribution in [0.4, 0.5) is 43.9 Å². The Hall–Kier alpha value is -1.16. The van der Waals surface area contributed by atoms with Gasteiger partial charge < -0.3 is 10.2 Å². The van der Waals surface area contributed by atoms with Crippen LogP contribution in [0.2, 0.25) is 0 Å². The SMILES string of the molecule is CC(C)(C)[S@@](=O)N[C@](c1cc(Br)ccc1F)([C@@H](F)CO)C(F)(F)F.CC(C)(C)[S@@](=O)N[C@](c1cc(Br)ccc1F)([C@H](F)CO)C(F)(F)F. The van der Waals surface area contributed by atoms with Crippen LogP contribution in [0.3, 0.4) is 0 Å². The lowest BCUT2D eigenvalue weighted by atomic mass is 9.85. The Bertz CT molecular complexity index is 1350. The normalized spacial score (nSPS) is 18.1. The molecule has 0 spiro atoms. The largest absolute Gasteiger partial charge is 0.414 e. The van der Waals surface area contributed by atoms with Crippen molar-refractivity contribution in [2.75, 3.05) is 13.2 Å². The van der Waals surface area contributed by atoms with Crippen LogP contribution < -0.4 is 9.44 Å². The molecule has 0 aliphatic heterocycles. The summed E-state index contributed by atoms with van der Waals surface area (Å²) in [5.74, 6) is -2.69. The van der Waals surface area contributed by atoms with Crippen LogP contribution in [-0.2, 0) is 33.0 Å². The standard InChI is InChI=1S/2C14H17BrF5NO2S/c2*1-12(2,3)24(23)21-13(11(17)7-22,14(18,19)20)9-6-8(15)4-5-10(9)16/h2*4-6,11,21-22H,7H2,1-3H3/t11-,13+,24+;11-,13-,24-/m01/s1. The Labute approximate surface area is 292 Å². The van der Waals surface area contributed by atoms with Gasteiger partial charge in [-0.05, 0) is 77.9 Å². The highest BCUT2D eigenvalue weighted by molar-refractivity contribution is 9.10. The summed E-state index contributed by atoms with van der Waals surface area (Å²) in [5, 5.41) is 18.0. The quantitative estimate of drug-likeness (QED) is 0.187. The lowest BCUT2D eigenvalue weighted by molar-refractivity contribution is -0.218. The second-order valence-corrected chi connectivity index (χ2v) is 17.9. The molecule has 0 fully saturated rings. The third-order valence-corrected chi connectivity index (χ3v) is 10.7. The zero-order valence-corrected chi connectivity index (χ0v) is 30.9. The van der Waals surface area contributed by atoms with Crippen LogP contribution in [0.25, 0.3) is 0 Å². The van der Waals surface area contributed by atoms with Crippen molar-refractivity contribution in [2.24, 2.45) is 0 Å². The molecule has 0 aromatic heterocycles. The number of hydrogen-bond donors (Lipinski definition) is 4. The Morgan fingerprint density at radius 2 is 0.917 bits per heavy atom. The van der Waals surface area contributed by atoms with E-state index in [1.165, 1.54) is 41.5 Å². The maximum Gasteiger partial charge on any atom is 0.414 e. The van der Waals surface area contributed by atoms with Gasteiger partial charge in [0.25, 0.3) is 0 Å². The minimum Gasteiger partial charge on any atom is -0.393 e. The zero-order valence-electron chi connectivity index (χ0n) is 26.1. The number of halogens is 12. The summed E-state index contributed by atoms with van der Waals surface area (Å²) in [7, 11) is -4.79. The van der Waals surface area contributed by atoms with Gasteiger partial charge in [0, 0.05) is 20.1 Å². The highest BCUT2D eigenvalue weighted by Crippen LogP contribution is 2.47. The summed E-state index contributed by atoms with van der Waals surface area (Å²) >= 11 is 5.82. The van der Waals surface area contributed by atoms with E-state index in [0.29, 0.717) is 0 Å². The summed E-state index contributed by atoms with van der Waals surface area (Å²) in [6.45, 7) is 5.17. The van der Waals surface area contributed by atoms with E-state index < -0.39 is 103 Å². The van der Waals surface area contributed by atoms with Gasteiger partial charge in [-0.3, -0.25) is 0 Å². The molecule has 0 bridgehead atoms. The molecule has 0 radical (unpaired) electrons. The molecule has 0 aliphatic carbocycles. The maximum atomic E-state index is 14.3. The number of aliphatic hydroxyl groups excluding tert-OH is 2.